The standard InChI is InChI=1S/C17H20FN3O/c18-16-4-2-1-3-15(16)7-11-20-12-8-17(22)21-13-14-5-9-19-10-6-14/h1-6,9-10,20H,7-8,11-13H2,(H,21,22). The molecule has 0 spiro atoms. The molecule has 0 aliphatic rings. The van der Waals surface area contributed by atoms with Crippen LogP contribution in [-0.2, 0) is 17.8 Å². The number of amides is 1. The van der Waals surface area contributed by atoms with Gasteiger partial charge in [-0.3, -0.25) is 9.78 Å². The Balaban J connectivity index is 1.57. The summed E-state index contributed by atoms with van der Waals surface area (Å²) >= 11 is 0. The maximum atomic E-state index is 13.4. The van der Waals surface area contributed by atoms with E-state index in [1.54, 1.807) is 24.5 Å². The highest BCUT2D eigenvalue weighted by Gasteiger charge is 2.02. The third-order valence-corrected chi connectivity index (χ3v) is 3.30. The van der Waals surface area contributed by atoms with Crippen molar-refractivity contribution in [3.05, 3.63) is 65.7 Å². The molecule has 0 radical (unpaired) electrons. The summed E-state index contributed by atoms with van der Waals surface area (Å²) < 4.78 is 13.4. The highest BCUT2D eigenvalue weighted by atomic mass is 19.1. The zero-order valence-electron chi connectivity index (χ0n) is 12.4. The molecule has 2 rings (SSSR count). The number of halogens is 1. The Morgan fingerprint density at radius 3 is 2.64 bits per heavy atom. The molecule has 0 saturated carbocycles. The van der Waals surface area contributed by atoms with Gasteiger partial charge in [-0.2, -0.15) is 0 Å². The van der Waals surface area contributed by atoms with E-state index in [1.807, 2.05) is 18.2 Å². The van der Waals surface area contributed by atoms with Crippen molar-refractivity contribution in [2.24, 2.45) is 0 Å². The molecule has 0 bridgehead atoms. The summed E-state index contributed by atoms with van der Waals surface area (Å²) in [5.74, 6) is -0.186. The number of hydrogen-bond donors (Lipinski definition) is 2. The van der Waals surface area contributed by atoms with Crippen molar-refractivity contribution >= 4 is 5.91 Å². The Labute approximate surface area is 129 Å². The molecular weight excluding hydrogens is 281 g/mol. The van der Waals surface area contributed by atoms with Crippen molar-refractivity contribution in [2.45, 2.75) is 19.4 Å². The summed E-state index contributed by atoms with van der Waals surface area (Å²) in [4.78, 5) is 15.6. The summed E-state index contributed by atoms with van der Waals surface area (Å²) in [7, 11) is 0. The molecule has 1 aromatic heterocycles. The highest BCUT2D eigenvalue weighted by Crippen LogP contribution is 2.06. The smallest absolute Gasteiger partial charge is 0.221 e. The number of aromatic nitrogens is 1. The summed E-state index contributed by atoms with van der Waals surface area (Å²) in [6.07, 6.45) is 4.42. The SMILES string of the molecule is O=C(CCNCCc1ccccc1F)NCc1ccncc1. The molecule has 0 atom stereocenters. The number of hydrogen-bond acceptors (Lipinski definition) is 3. The summed E-state index contributed by atoms with van der Waals surface area (Å²) in [5, 5.41) is 6.00. The van der Waals surface area contributed by atoms with Gasteiger partial charge in [-0.25, -0.2) is 4.39 Å². The second-order valence-corrected chi connectivity index (χ2v) is 4.97. The first-order valence-electron chi connectivity index (χ1n) is 7.35. The van der Waals surface area contributed by atoms with Gasteiger partial charge < -0.3 is 10.6 Å². The third-order valence-electron chi connectivity index (χ3n) is 3.30. The van der Waals surface area contributed by atoms with Crippen LogP contribution in [0.1, 0.15) is 17.5 Å². The van der Waals surface area contributed by atoms with Crippen LogP contribution >= 0.6 is 0 Å². The molecule has 22 heavy (non-hydrogen) atoms. The van der Waals surface area contributed by atoms with E-state index >= 15 is 0 Å². The Morgan fingerprint density at radius 1 is 1.09 bits per heavy atom. The monoisotopic (exact) mass is 301 g/mol. The maximum absolute atomic E-state index is 13.4. The molecule has 0 saturated heterocycles. The predicted octanol–water partition coefficient (Wildman–Crippen LogP) is 2.06. The molecule has 4 nitrogen and oxygen atoms in total. The number of pyridine rings is 1. The van der Waals surface area contributed by atoms with Gasteiger partial charge in [0, 0.05) is 31.9 Å². The first-order valence-corrected chi connectivity index (χ1v) is 7.35. The van der Waals surface area contributed by atoms with Crippen LogP contribution in [0.25, 0.3) is 0 Å². The van der Waals surface area contributed by atoms with E-state index in [0.29, 0.717) is 38.0 Å². The van der Waals surface area contributed by atoms with E-state index in [2.05, 4.69) is 15.6 Å². The van der Waals surface area contributed by atoms with E-state index in [-0.39, 0.29) is 11.7 Å². The first kappa shape index (κ1) is 16.1. The van der Waals surface area contributed by atoms with Gasteiger partial charge in [0.15, 0.2) is 0 Å². The number of rotatable bonds is 8. The number of nitrogens with one attached hydrogen (secondary N) is 2. The van der Waals surface area contributed by atoms with Gasteiger partial charge in [-0.1, -0.05) is 18.2 Å². The van der Waals surface area contributed by atoms with Crippen LogP contribution in [0.3, 0.4) is 0 Å². The van der Waals surface area contributed by atoms with Crippen LogP contribution in [0.15, 0.2) is 48.8 Å². The molecule has 116 valence electrons. The fourth-order valence-electron chi connectivity index (χ4n) is 2.04. The molecule has 1 heterocycles. The van der Waals surface area contributed by atoms with Crippen molar-refractivity contribution in [3.8, 4) is 0 Å². The normalized spacial score (nSPS) is 10.4. The Kier molecular flexibility index (Phi) is 6.51. The summed E-state index contributed by atoms with van der Waals surface area (Å²) in [6, 6.07) is 10.5. The van der Waals surface area contributed by atoms with E-state index in [1.165, 1.54) is 6.07 Å². The van der Waals surface area contributed by atoms with Crippen molar-refractivity contribution in [1.29, 1.82) is 0 Å². The van der Waals surface area contributed by atoms with Crippen LogP contribution in [0.5, 0.6) is 0 Å². The maximum Gasteiger partial charge on any atom is 0.221 e. The van der Waals surface area contributed by atoms with E-state index in [4.69, 9.17) is 0 Å². The second kappa shape index (κ2) is 8.89. The first-order chi connectivity index (χ1) is 10.8. The van der Waals surface area contributed by atoms with Gasteiger partial charge in [-0.15, -0.1) is 0 Å². The molecule has 2 N–H and O–H groups in total. The zero-order valence-corrected chi connectivity index (χ0v) is 12.4. The van der Waals surface area contributed by atoms with Crippen molar-refractivity contribution in [2.75, 3.05) is 13.1 Å². The lowest BCUT2D eigenvalue weighted by Gasteiger charge is -2.07. The van der Waals surface area contributed by atoms with Gasteiger partial charge in [0.1, 0.15) is 5.82 Å². The van der Waals surface area contributed by atoms with E-state index < -0.39 is 0 Å². The minimum Gasteiger partial charge on any atom is -0.352 e. The summed E-state index contributed by atoms with van der Waals surface area (Å²) in [6.45, 7) is 1.74. The van der Waals surface area contributed by atoms with Crippen molar-refractivity contribution < 1.29 is 9.18 Å². The van der Waals surface area contributed by atoms with Gasteiger partial charge in [0.05, 0.1) is 0 Å². The average molecular weight is 301 g/mol. The summed E-state index contributed by atoms with van der Waals surface area (Å²) in [5.41, 5.74) is 1.72. The van der Waals surface area contributed by atoms with Crippen LogP contribution in [0.2, 0.25) is 0 Å². The molecule has 0 aliphatic carbocycles. The van der Waals surface area contributed by atoms with Gasteiger partial charge in [-0.05, 0) is 42.3 Å². The van der Waals surface area contributed by atoms with Crippen LogP contribution in [-0.4, -0.2) is 24.0 Å². The van der Waals surface area contributed by atoms with Gasteiger partial charge in [0.2, 0.25) is 5.91 Å². The quantitative estimate of drug-likeness (QED) is 0.734. The molecule has 5 heteroatoms. The fraction of sp³-hybridized carbons (Fsp3) is 0.294. The van der Waals surface area contributed by atoms with E-state index in [9.17, 15) is 9.18 Å². The van der Waals surface area contributed by atoms with Crippen LogP contribution in [0.4, 0.5) is 4.39 Å². The Morgan fingerprint density at radius 2 is 1.86 bits per heavy atom. The Hall–Kier alpha value is -2.27. The third kappa shape index (κ3) is 5.61. The zero-order chi connectivity index (χ0) is 15.6. The molecular formula is C17H20FN3O. The average Bonchev–Trinajstić information content (AvgIpc) is 2.55. The number of nitrogens with zero attached hydrogens (tertiary/aromatic N) is 1. The van der Waals surface area contributed by atoms with Gasteiger partial charge in [0.25, 0.3) is 0 Å². The van der Waals surface area contributed by atoms with Crippen molar-refractivity contribution in [3.63, 3.8) is 0 Å². The predicted molar refractivity (Wildman–Crippen MR) is 83.7 cm³/mol. The lowest BCUT2D eigenvalue weighted by molar-refractivity contribution is -0.121. The highest BCUT2D eigenvalue weighted by molar-refractivity contribution is 5.76. The van der Waals surface area contributed by atoms with Crippen LogP contribution < -0.4 is 10.6 Å². The van der Waals surface area contributed by atoms with Gasteiger partial charge >= 0.3 is 0 Å². The largest absolute Gasteiger partial charge is 0.352 e. The molecule has 1 amide bonds. The molecule has 0 aliphatic heterocycles. The Bertz CT molecular complexity index is 589. The van der Waals surface area contributed by atoms with Crippen molar-refractivity contribution in [1.82, 2.24) is 15.6 Å². The van der Waals surface area contributed by atoms with E-state index in [0.717, 1.165) is 5.56 Å². The number of benzene rings is 1. The minimum absolute atomic E-state index is 0.00444. The molecule has 0 fully saturated rings. The lowest BCUT2D eigenvalue weighted by atomic mass is 10.1. The topological polar surface area (TPSA) is 54.0 Å². The van der Waals surface area contributed by atoms with Crippen LogP contribution in [0, 0.1) is 5.82 Å². The number of carbonyl (C=O) groups excluding carboxylic acids is 1. The molecule has 2 aromatic rings. The minimum atomic E-state index is -0.181. The fourth-order valence-corrected chi connectivity index (χ4v) is 2.04. The second-order valence-electron chi connectivity index (χ2n) is 4.97. The number of carbonyl (C=O) groups is 1. The molecule has 0 unspecified atom stereocenters. The molecule has 1 aromatic carbocycles. The lowest BCUT2D eigenvalue weighted by Crippen LogP contribution is -2.28.